The monoisotopic (exact) mass is 501 g/mol. The molecule has 0 aromatic carbocycles. The van der Waals surface area contributed by atoms with E-state index in [0.717, 1.165) is 23.0 Å². The summed E-state index contributed by atoms with van der Waals surface area (Å²) in [6, 6.07) is 8.31. The van der Waals surface area contributed by atoms with Crippen molar-refractivity contribution in [3.05, 3.63) is 54.6 Å². The summed E-state index contributed by atoms with van der Waals surface area (Å²) >= 11 is -1.63. The molecule has 1 atom stereocenters. The molecule has 3 aromatic rings. The topological polar surface area (TPSA) is 51.6 Å². The number of aromatic nitrogens is 3. The summed E-state index contributed by atoms with van der Waals surface area (Å²) < 4.78 is 4.84. The molecule has 3 aromatic heterocycles. The van der Waals surface area contributed by atoms with Crippen molar-refractivity contribution in [3.8, 4) is 0 Å². The van der Waals surface area contributed by atoms with E-state index in [1.807, 2.05) is 36.9 Å². The molecule has 8 heteroatoms. The molecule has 0 spiro atoms. The number of anilines is 6. The Labute approximate surface area is 179 Å². The number of rotatable bonds is 2. The number of pyridine rings is 3. The average Bonchev–Trinajstić information content (AvgIpc) is 3.14. The summed E-state index contributed by atoms with van der Waals surface area (Å²) in [5, 5.41) is 0. The van der Waals surface area contributed by atoms with E-state index in [0.29, 0.717) is 0 Å². The Morgan fingerprint density at radius 1 is 0.897 bits per heavy atom. The van der Waals surface area contributed by atoms with E-state index in [9.17, 15) is 0 Å². The van der Waals surface area contributed by atoms with Gasteiger partial charge in [0.2, 0.25) is 0 Å². The molecule has 150 valence electrons. The first kappa shape index (κ1) is 18.4. The molecule has 0 saturated heterocycles. The fourth-order valence-electron chi connectivity index (χ4n) is 4.08. The molecule has 0 bridgehead atoms. The normalized spacial score (nSPS) is 19.1. The Morgan fingerprint density at radius 3 is 2.31 bits per heavy atom. The third kappa shape index (κ3) is 2.58. The number of hydrogen-bond acceptors (Lipinski definition) is 7. The van der Waals surface area contributed by atoms with E-state index < -0.39 is 20.4 Å². The fraction of sp³-hybridized carbons (Fsp3) is 0.286. The van der Waals surface area contributed by atoms with Crippen LogP contribution >= 0.6 is 20.4 Å². The van der Waals surface area contributed by atoms with Crippen molar-refractivity contribution in [2.75, 3.05) is 35.1 Å². The molecule has 2 aliphatic heterocycles. The number of hydrogen-bond donors (Lipinski definition) is 0. The van der Waals surface area contributed by atoms with Crippen molar-refractivity contribution in [2.45, 2.75) is 20.0 Å². The van der Waals surface area contributed by atoms with Gasteiger partial charge in [-0.25, -0.2) is 0 Å². The van der Waals surface area contributed by atoms with E-state index in [1.165, 1.54) is 16.9 Å². The van der Waals surface area contributed by atoms with Crippen molar-refractivity contribution < 1.29 is 0 Å². The fourth-order valence-corrected chi connectivity index (χ4v) is 8.12. The predicted octanol–water partition coefficient (Wildman–Crippen LogP) is 4.67. The molecule has 0 radical (unpaired) electrons. The Bertz CT molecular complexity index is 1010. The minimum atomic E-state index is -1.63. The van der Waals surface area contributed by atoms with E-state index >= 15 is 0 Å². The summed E-state index contributed by atoms with van der Waals surface area (Å²) in [6.07, 6.45) is 7.86. The first-order valence-electron chi connectivity index (χ1n) is 9.51. The number of alkyl halides is 1. The van der Waals surface area contributed by atoms with Gasteiger partial charge in [0.15, 0.2) is 0 Å². The van der Waals surface area contributed by atoms with E-state index in [-0.39, 0.29) is 6.17 Å². The first-order chi connectivity index (χ1) is 14.0. The van der Waals surface area contributed by atoms with Gasteiger partial charge < -0.3 is 0 Å². The second kappa shape index (κ2) is 6.72. The number of nitrogens with zero attached hydrogens (tertiary/aromatic N) is 7. The number of halogens is 1. The van der Waals surface area contributed by atoms with Crippen molar-refractivity contribution in [1.29, 1.82) is 0 Å². The molecule has 0 fully saturated rings. The average molecular weight is 501 g/mol. The van der Waals surface area contributed by atoms with Crippen LogP contribution in [0.4, 0.5) is 34.4 Å². The second-order valence-corrected chi connectivity index (χ2v) is 12.1. The van der Waals surface area contributed by atoms with Crippen LogP contribution in [0.15, 0.2) is 49.1 Å². The van der Waals surface area contributed by atoms with Gasteiger partial charge in [-0.15, -0.1) is 0 Å². The zero-order valence-corrected chi connectivity index (χ0v) is 19.4. The summed E-state index contributed by atoms with van der Waals surface area (Å²) in [5.41, 5.74) is 5.82. The Morgan fingerprint density at radius 2 is 1.55 bits per heavy atom. The van der Waals surface area contributed by atoms with Gasteiger partial charge in [-0.2, -0.15) is 0 Å². The molecule has 2 aliphatic rings. The summed E-state index contributed by atoms with van der Waals surface area (Å²) in [6.45, 7) is 4.40. The van der Waals surface area contributed by atoms with Crippen molar-refractivity contribution in [3.63, 3.8) is 0 Å². The molecule has 0 aliphatic carbocycles. The van der Waals surface area contributed by atoms with Gasteiger partial charge in [0.25, 0.3) is 0 Å². The SMILES string of the molecule is Cc1c(N2c3cccnc3N(C)[C@@H]2C)cncc1N1c2cccnc2N(C)I1C. The van der Waals surface area contributed by atoms with Crippen molar-refractivity contribution in [2.24, 2.45) is 0 Å². The molecular formula is C21H24IN7. The van der Waals surface area contributed by atoms with Crippen molar-refractivity contribution >= 4 is 54.8 Å². The molecule has 0 amide bonds. The van der Waals surface area contributed by atoms with E-state index in [2.05, 4.69) is 76.0 Å². The maximum atomic E-state index is 4.66. The van der Waals surface area contributed by atoms with Gasteiger partial charge >= 0.3 is 179 Å². The standard InChI is InChI=1S/C21H24IN7/c1-14-18(28-15(2)26(4)20-16(28)8-6-10-24-20)12-23-13-19(14)29-17-9-7-11-25-21(17)27(5)22(29)3/h6-13,15H,1-5H3/t15-/m0/s1. The van der Waals surface area contributed by atoms with Crippen LogP contribution in [0.25, 0.3) is 0 Å². The molecule has 0 N–H and O–H groups in total. The van der Waals surface area contributed by atoms with Gasteiger partial charge in [-0.1, -0.05) is 0 Å². The van der Waals surface area contributed by atoms with Gasteiger partial charge in [0.05, 0.1) is 0 Å². The molecular weight excluding hydrogens is 477 g/mol. The maximum absolute atomic E-state index is 4.66. The zero-order valence-electron chi connectivity index (χ0n) is 17.2. The van der Waals surface area contributed by atoms with Crippen LogP contribution in [0.5, 0.6) is 0 Å². The Hall–Kier alpha value is -2.62. The molecule has 5 rings (SSSR count). The van der Waals surface area contributed by atoms with Gasteiger partial charge in [0.1, 0.15) is 0 Å². The van der Waals surface area contributed by atoms with Crippen LogP contribution in [0.2, 0.25) is 0 Å². The summed E-state index contributed by atoms with van der Waals surface area (Å²) in [5.74, 6) is 2.07. The number of fused-ring (bicyclic) bond motifs is 2. The molecule has 0 saturated carbocycles. The van der Waals surface area contributed by atoms with Crippen LogP contribution in [0.1, 0.15) is 12.5 Å². The van der Waals surface area contributed by atoms with Crippen LogP contribution in [0.3, 0.4) is 0 Å². The van der Waals surface area contributed by atoms with Crippen LogP contribution in [-0.2, 0) is 0 Å². The molecule has 7 nitrogen and oxygen atoms in total. The molecule has 5 heterocycles. The minimum absolute atomic E-state index is 0.169. The third-order valence-electron chi connectivity index (χ3n) is 5.81. The second-order valence-electron chi connectivity index (χ2n) is 7.28. The van der Waals surface area contributed by atoms with Crippen LogP contribution in [-0.4, -0.2) is 40.1 Å². The summed E-state index contributed by atoms with van der Waals surface area (Å²) in [4.78, 5) is 20.8. The Kier molecular flexibility index (Phi) is 4.27. The Balaban J connectivity index is 1.64. The molecule has 0 unspecified atom stereocenters. The molecule has 29 heavy (non-hydrogen) atoms. The van der Waals surface area contributed by atoms with Gasteiger partial charge in [-0.05, 0) is 0 Å². The van der Waals surface area contributed by atoms with Gasteiger partial charge in [0, 0.05) is 0 Å². The quantitative estimate of drug-likeness (QED) is 0.288. The predicted molar refractivity (Wildman–Crippen MR) is 128 cm³/mol. The van der Waals surface area contributed by atoms with E-state index in [1.54, 1.807) is 0 Å². The third-order valence-corrected chi connectivity index (χ3v) is 10.8. The summed E-state index contributed by atoms with van der Waals surface area (Å²) in [7, 11) is 4.25. The first-order valence-corrected chi connectivity index (χ1v) is 13.6. The van der Waals surface area contributed by atoms with E-state index in [4.69, 9.17) is 0 Å². The van der Waals surface area contributed by atoms with Crippen LogP contribution < -0.4 is 16.0 Å². The van der Waals surface area contributed by atoms with Gasteiger partial charge in [-0.3, -0.25) is 0 Å². The van der Waals surface area contributed by atoms with Crippen molar-refractivity contribution in [1.82, 2.24) is 15.0 Å². The zero-order chi connectivity index (χ0) is 20.3. The van der Waals surface area contributed by atoms with Crippen LogP contribution in [0, 0.1) is 6.92 Å².